The minimum Gasteiger partial charge on any atom is -0.476 e. The number of esters is 3. The van der Waals surface area contributed by atoms with Gasteiger partial charge in [0.25, 0.3) is 0 Å². The van der Waals surface area contributed by atoms with Crippen LogP contribution in [0.2, 0.25) is 0 Å². The molecule has 0 spiro atoms. The first-order valence-electron chi connectivity index (χ1n) is 33.9. The van der Waals surface area contributed by atoms with Crippen LogP contribution in [-0.2, 0) is 83.6 Å². The van der Waals surface area contributed by atoms with Crippen LogP contribution < -0.4 is 46.7 Å². The van der Waals surface area contributed by atoms with E-state index in [1.54, 1.807) is 96.8 Å². The Morgan fingerprint density at radius 3 is 0.952 bits per heavy atom. The number of nitrogens with one attached hydrogen (secondary N) is 3. The highest BCUT2D eigenvalue weighted by molar-refractivity contribution is 7.52. The van der Waals surface area contributed by atoms with Gasteiger partial charge in [-0.05, 0) is 62.3 Å². The molecule has 0 aromatic carbocycles. The molecule has 0 radical (unpaired) electrons. The Kier molecular flexibility index (Phi) is 25.3. The highest BCUT2D eigenvalue weighted by Gasteiger charge is 2.63. The fourth-order valence-corrected chi connectivity index (χ4v) is 18.4. The molecule has 6 aliphatic heterocycles. The number of aromatic nitrogens is 12. The quantitative estimate of drug-likeness (QED) is 0.0151. The first-order chi connectivity index (χ1) is 49.3. The molecule has 105 heavy (non-hydrogen) atoms. The highest BCUT2D eigenvalue weighted by Crippen LogP contribution is 2.61. The summed E-state index contributed by atoms with van der Waals surface area (Å²) in [5, 5.41) is 8.38. The Labute approximate surface area is 619 Å². The third kappa shape index (κ3) is 17.8. The van der Waals surface area contributed by atoms with E-state index in [-0.39, 0.29) is 111 Å². The molecule has 2 unspecified atom stereocenters. The van der Waals surface area contributed by atoms with Crippen LogP contribution in [0.3, 0.4) is 0 Å². The minimum absolute atomic E-state index is 0.00338. The smallest absolute Gasteiger partial charge is 0.406 e. The van der Waals surface area contributed by atoms with E-state index < -0.39 is 111 Å². The number of hydrogen-bond acceptors (Lipinski definition) is 33. The molecule has 6 fully saturated rings. The maximum absolute atomic E-state index is 13.3. The fourth-order valence-electron chi connectivity index (χ4n) is 11.8. The van der Waals surface area contributed by atoms with E-state index >= 15 is 0 Å². The van der Waals surface area contributed by atoms with Crippen molar-refractivity contribution >= 4 is 127 Å². The molecule has 0 saturated carbocycles. The van der Waals surface area contributed by atoms with E-state index in [9.17, 15) is 28.1 Å². The zero-order valence-electron chi connectivity index (χ0n) is 60.4. The molecule has 12 heterocycles. The van der Waals surface area contributed by atoms with Gasteiger partial charge in [0.15, 0.2) is 52.2 Å². The molecule has 582 valence electrons. The number of carbonyl (C=O) groups is 3. The van der Waals surface area contributed by atoms with Crippen LogP contribution in [0, 0.1) is 17.8 Å². The van der Waals surface area contributed by atoms with E-state index in [1.165, 1.54) is 19.0 Å². The molecule has 45 heteroatoms. The summed E-state index contributed by atoms with van der Waals surface area (Å²) in [6.45, 7) is 27.2. The second kappa shape index (κ2) is 32.6. The average Bonchev–Trinajstić information content (AvgIpc) is 1.59. The van der Waals surface area contributed by atoms with Gasteiger partial charge < -0.3 is 59.8 Å². The predicted octanol–water partition coefficient (Wildman–Crippen LogP) is 7.21. The van der Waals surface area contributed by atoms with Crippen molar-refractivity contribution in [1.82, 2.24) is 73.8 Å². The molecule has 39 nitrogen and oxygen atoms in total. The number of nitrogens with zero attached hydrogens (tertiary/aromatic N) is 12. The normalized spacial score (nSPS) is 31.5. The van der Waals surface area contributed by atoms with Gasteiger partial charge in [-0.25, -0.2) is 43.9 Å². The summed E-state index contributed by atoms with van der Waals surface area (Å²) in [6, 6.07) is -1.47. The van der Waals surface area contributed by atoms with Crippen molar-refractivity contribution in [3.63, 3.8) is 0 Å². The number of alkyl halides is 3. The van der Waals surface area contributed by atoms with E-state index in [4.69, 9.17) is 122 Å². The second-order valence-electron chi connectivity index (χ2n) is 26.9. The van der Waals surface area contributed by atoms with Crippen molar-refractivity contribution in [3.8, 4) is 17.6 Å². The number of imidazole rings is 3. The summed E-state index contributed by atoms with van der Waals surface area (Å²) in [6.07, 6.45) is -2.09. The standard InChI is InChI=1S/3C20H30ClN6O7P/c3*1-6-30-16-13-15(24-19(22)25-16)27(9-23-13)18-20(5,21)14-12(33-18)8-32-35(29,34-14)26-11(4)7-31-17(28)10(2)3/h3*9-12,14,18H,6-8H2,1-5H3,(H,26,29)(H2,22,24,25)/t11-,12+,14+,18+,20+,35?;11-,12-,14-,18-,20-,35?;11-,12-,14-,18-,20-,35-/m011/s1. The van der Waals surface area contributed by atoms with E-state index in [2.05, 4.69) is 60.1 Å². The monoisotopic (exact) mass is 1600 g/mol. The molecule has 6 aromatic rings. The van der Waals surface area contributed by atoms with Gasteiger partial charge in [-0.1, -0.05) is 41.5 Å². The summed E-state index contributed by atoms with van der Waals surface area (Å²) < 4.78 is 130. The number of rotatable bonds is 24. The van der Waals surface area contributed by atoms with Gasteiger partial charge in [0.1, 0.15) is 71.1 Å². The number of nitrogens with two attached hydrogens (primary N) is 3. The lowest BCUT2D eigenvalue weighted by atomic mass is 10.0. The first kappa shape index (κ1) is 81.5. The van der Waals surface area contributed by atoms with Crippen LogP contribution in [0.15, 0.2) is 19.0 Å². The van der Waals surface area contributed by atoms with Crippen LogP contribution in [0.4, 0.5) is 17.8 Å². The number of fused-ring (bicyclic) bond motifs is 6. The zero-order chi connectivity index (χ0) is 76.6. The van der Waals surface area contributed by atoms with Crippen molar-refractivity contribution in [3.05, 3.63) is 19.0 Å². The molecule has 9 N–H and O–H groups in total. The van der Waals surface area contributed by atoms with Crippen molar-refractivity contribution in [2.24, 2.45) is 17.8 Å². The first-order valence-corrected chi connectivity index (χ1v) is 39.6. The van der Waals surface area contributed by atoms with Crippen LogP contribution in [0.25, 0.3) is 33.5 Å². The lowest BCUT2D eigenvalue weighted by Gasteiger charge is -2.36. The van der Waals surface area contributed by atoms with Gasteiger partial charge in [0.05, 0.1) is 76.4 Å². The molecule has 0 aliphatic carbocycles. The third-order valence-corrected chi connectivity index (χ3v) is 23.3. The van der Waals surface area contributed by atoms with Crippen LogP contribution in [0.5, 0.6) is 17.6 Å². The number of hydrogen-bond donors (Lipinski definition) is 6. The number of anilines is 3. The number of halogens is 3. The maximum Gasteiger partial charge on any atom is 0.406 e. The molecule has 0 bridgehead atoms. The van der Waals surface area contributed by atoms with Crippen LogP contribution >= 0.6 is 58.0 Å². The maximum atomic E-state index is 13.3. The van der Waals surface area contributed by atoms with Crippen LogP contribution in [0.1, 0.15) is 123 Å². The largest absolute Gasteiger partial charge is 0.476 e. The van der Waals surface area contributed by atoms with Gasteiger partial charge in [0.2, 0.25) is 35.5 Å². The Morgan fingerprint density at radius 2 is 0.724 bits per heavy atom. The van der Waals surface area contributed by atoms with Crippen molar-refractivity contribution in [2.75, 3.05) is 76.7 Å². The second-order valence-corrected chi connectivity index (χ2v) is 34.5. The van der Waals surface area contributed by atoms with Gasteiger partial charge in [-0.15, -0.1) is 34.8 Å². The van der Waals surface area contributed by atoms with Gasteiger partial charge >= 0.3 is 41.1 Å². The number of nitrogen functional groups attached to an aromatic ring is 3. The summed E-state index contributed by atoms with van der Waals surface area (Å²) >= 11 is 20.9. The number of ether oxygens (including phenoxy) is 9. The topological polar surface area (TPSA) is 486 Å². The van der Waals surface area contributed by atoms with Crippen molar-refractivity contribution in [2.45, 2.75) is 192 Å². The van der Waals surface area contributed by atoms with Crippen LogP contribution in [-0.4, -0.2) is 205 Å². The van der Waals surface area contributed by atoms with Gasteiger partial charge in [-0.3, -0.25) is 55.2 Å². The van der Waals surface area contributed by atoms with E-state index in [0.717, 1.165) is 0 Å². The molecule has 18 atom stereocenters. The van der Waals surface area contributed by atoms with Gasteiger partial charge in [0, 0.05) is 18.1 Å². The van der Waals surface area contributed by atoms with Gasteiger partial charge in [-0.2, -0.15) is 29.9 Å². The Bertz CT molecular complexity index is 3850. The summed E-state index contributed by atoms with van der Waals surface area (Å²) in [7, 11) is -11.3. The Balaban J connectivity index is 0.000000169. The lowest BCUT2D eigenvalue weighted by molar-refractivity contribution is -0.148. The number of carbonyl (C=O) groups excluding carboxylic acids is 3. The molecule has 6 aromatic heterocycles. The Morgan fingerprint density at radius 1 is 0.476 bits per heavy atom. The van der Waals surface area contributed by atoms with Crippen molar-refractivity contribution < 1.29 is 97.9 Å². The zero-order valence-corrected chi connectivity index (χ0v) is 65.4. The highest BCUT2D eigenvalue weighted by atomic mass is 35.5. The minimum atomic E-state index is -3.78. The average molecular weight is 1600 g/mol. The van der Waals surface area contributed by atoms with E-state index in [1.807, 2.05) is 20.8 Å². The molecule has 6 aliphatic rings. The molecular formula is C60H90Cl3N18O21P3. The summed E-state index contributed by atoms with van der Waals surface area (Å²) in [5.74, 6) is -1.09. The molecule has 12 rings (SSSR count). The molecule has 0 amide bonds. The molecular weight excluding hydrogens is 1510 g/mol. The Hall–Kier alpha value is -6.06. The summed E-state index contributed by atoms with van der Waals surface area (Å²) in [4.78, 5) is 69.9. The van der Waals surface area contributed by atoms with Crippen molar-refractivity contribution in [1.29, 1.82) is 0 Å². The van der Waals surface area contributed by atoms with E-state index in [0.29, 0.717) is 53.3 Å². The lowest BCUT2D eigenvalue weighted by Crippen LogP contribution is -2.46. The SMILES string of the molecule is CCOc1nc(N)nc2c1ncn2[C@@H]1O[C@@H]2COP(=O)(N[C@@H](C)COC(=O)C(C)C)O[C@H]2[C@@]1(C)Cl.CCOc1nc(N)nc2c1ncn2[C@@H]1O[C@@H]2COP(=O)(N[C@H](C)COC(=O)C(C)C)O[C@H]2[C@@]1(C)Cl.CCOc1nc(N)nc2c1ncn2[C@@H]1O[C@@H]2CO[P@](=O)(N[C@H](C)COC(=O)C(C)C)O[C@H]2[C@@]1(C)Cl. The molecule has 6 saturated heterocycles. The predicted molar refractivity (Wildman–Crippen MR) is 378 cm³/mol. The summed E-state index contributed by atoms with van der Waals surface area (Å²) in [5.41, 5.74) is 19.9. The third-order valence-electron chi connectivity index (χ3n) is 16.8. The fraction of sp³-hybridized carbons (Fsp3) is 0.700.